The number of benzene rings is 3. The first-order chi connectivity index (χ1) is 16.0. The third kappa shape index (κ3) is 4.89. The van der Waals surface area contributed by atoms with Gasteiger partial charge in [0.1, 0.15) is 0 Å². The molecule has 0 saturated heterocycles. The average molecular weight is 475 g/mol. The van der Waals surface area contributed by atoms with E-state index < -0.39 is 16.0 Å². The minimum atomic E-state index is -3.79. The molecule has 0 aliphatic rings. The maximum atomic E-state index is 13.0. The number of rotatable bonds is 6. The van der Waals surface area contributed by atoms with Gasteiger partial charge in [0, 0.05) is 33.9 Å². The highest BCUT2D eigenvalue weighted by Gasteiger charge is 2.19. The molecule has 4 aromatic rings. The van der Waals surface area contributed by atoms with E-state index in [9.17, 15) is 13.2 Å². The van der Waals surface area contributed by atoms with E-state index in [-0.39, 0.29) is 10.3 Å². The lowest BCUT2D eigenvalue weighted by Crippen LogP contribution is -2.14. The van der Waals surface area contributed by atoms with Crippen molar-refractivity contribution in [3.05, 3.63) is 90.1 Å². The summed E-state index contributed by atoms with van der Waals surface area (Å²) in [6, 6.07) is 21.6. The van der Waals surface area contributed by atoms with Crippen LogP contribution in [0.15, 0.2) is 83.8 Å². The largest absolute Gasteiger partial charge is 0.478 e. The molecule has 0 bridgehead atoms. The Balaban J connectivity index is 1.75. The average Bonchev–Trinajstić information content (AvgIpc) is 3.15. The lowest BCUT2D eigenvalue weighted by molar-refractivity contribution is -0.131. The summed E-state index contributed by atoms with van der Waals surface area (Å²) in [5.74, 6) is -1.05. The predicted octanol–water partition coefficient (Wildman–Crippen LogP) is 6.03. The van der Waals surface area contributed by atoms with Gasteiger partial charge in [0.25, 0.3) is 10.0 Å². The van der Waals surface area contributed by atoms with Crippen molar-refractivity contribution in [2.45, 2.75) is 31.1 Å². The summed E-state index contributed by atoms with van der Waals surface area (Å²) in [6.45, 7) is 6.22. The van der Waals surface area contributed by atoms with Gasteiger partial charge in [-0.1, -0.05) is 63.2 Å². The Morgan fingerprint density at radius 2 is 1.65 bits per heavy atom. The van der Waals surface area contributed by atoms with Gasteiger partial charge in [-0.25, -0.2) is 13.2 Å². The second-order valence-corrected chi connectivity index (χ2v) is 10.8. The van der Waals surface area contributed by atoms with Crippen LogP contribution in [0.3, 0.4) is 0 Å². The summed E-state index contributed by atoms with van der Waals surface area (Å²) in [7, 11) is -3.79. The first-order valence-corrected chi connectivity index (χ1v) is 12.3. The number of H-pyrrole nitrogens is 1. The van der Waals surface area contributed by atoms with E-state index in [0.29, 0.717) is 11.4 Å². The van der Waals surface area contributed by atoms with E-state index in [0.717, 1.165) is 33.7 Å². The maximum Gasteiger partial charge on any atom is 0.328 e. The monoisotopic (exact) mass is 474 g/mol. The topological polar surface area (TPSA) is 99.3 Å². The molecule has 4 rings (SSSR count). The number of fused-ring (bicyclic) bond motifs is 1. The number of carboxylic acids is 1. The highest BCUT2D eigenvalue weighted by atomic mass is 32.2. The molecular formula is C27H26N2O4S. The van der Waals surface area contributed by atoms with E-state index in [4.69, 9.17) is 5.11 Å². The van der Waals surface area contributed by atoms with Crippen LogP contribution in [0.1, 0.15) is 32.0 Å². The maximum absolute atomic E-state index is 13.0. The number of aromatic amines is 1. The van der Waals surface area contributed by atoms with Crippen LogP contribution in [-0.2, 0) is 20.2 Å². The SMILES string of the molecule is CC(C)(C)c1ccc(S(=O)(=O)Nc2ccc3[nH]c(/C=C/C(=O)O)c(-c4ccccc4)c3c2)cc1. The van der Waals surface area contributed by atoms with Crippen molar-refractivity contribution < 1.29 is 18.3 Å². The van der Waals surface area contributed by atoms with Crippen molar-refractivity contribution in [1.29, 1.82) is 0 Å². The third-order valence-corrected chi connectivity index (χ3v) is 6.96. The number of hydrogen-bond acceptors (Lipinski definition) is 3. The minimum absolute atomic E-state index is 0.0737. The van der Waals surface area contributed by atoms with Crippen molar-refractivity contribution in [1.82, 2.24) is 4.98 Å². The van der Waals surface area contributed by atoms with Crippen LogP contribution in [0.4, 0.5) is 5.69 Å². The van der Waals surface area contributed by atoms with Crippen LogP contribution in [-0.4, -0.2) is 24.5 Å². The van der Waals surface area contributed by atoms with Crippen molar-refractivity contribution in [2.24, 2.45) is 0 Å². The highest BCUT2D eigenvalue weighted by Crippen LogP contribution is 2.35. The summed E-state index contributed by atoms with van der Waals surface area (Å²) >= 11 is 0. The smallest absolute Gasteiger partial charge is 0.328 e. The van der Waals surface area contributed by atoms with Crippen molar-refractivity contribution in [3.63, 3.8) is 0 Å². The molecule has 0 saturated carbocycles. The predicted molar refractivity (Wildman–Crippen MR) is 136 cm³/mol. The third-order valence-electron chi connectivity index (χ3n) is 5.57. The molecule has 0 amide bonds. The molecule has 1 aromatic heterocycles. The Hall–Kier alpha value is -3.84. The van der Waals surface area contributed by atoms with Crippen molar-refractivity contribution in [2.75, 3.05) is 4.72 Å². The summed E-state index contributed by atoms with van der Waals surface area (Å²) in [6.07, 6.45) is 2.58. The van der Waals surface area contributed by atoms with Crippen LogP contribution in [0.2, 0.25) is 0 Å². The minimum Gasteiger partial charge on any atom is -0.478 e. The van der Waals surface area contributed by atoms with E-state index in [1.54, 1.807) is 30.3 Å². The normalized spacial score (nSPS) is 12.3. The fourth-order valence-electron chi connectivity index (χ4n) is 3.82. The van der Waals surface area contributed by atoms with Gasteiger partial charge < -0.3 is 10.1 Å². The highest BCUT2D eigenvalue weighted by molar-refractivity contribution is 7.92. The number of anilines is 1. The molecule has 0 radical (unpaired) electrons. The number of nitrogens with one attached hydrogen (secondary N) is 2. The molecule has 3 N–H and O–H groups in total. The van der Waals surface area contributed by atoms with E-state index in [1.807, 2.05) is 42.5 Å². The number of aliphatic carboxylic acids is 1. The molecule has 0 spiro atoms. The molecular weight excluding hydrogens is 448 g/mol. The van der Waals surface area contributed by atoms with Gasteiger partial charge in [-0.05, 0) is 52.9 Å². The van der Waals surface area contributed by atoms with Crippen LogP contribution in [0.5, 0.6) is 0 Å². The molecule has 7 heteroatoms. The number of carbonyl (C=O) groups is 1. The molecule has 0 aliphatic heterocycles. The lowest BCUT2D eigenvalue weighted by atomic mass is 9.87. The van der Waals surface area contributed by atoms with Gasteiger partial charge in [0.2, 0.25) is 0 Å². The Morgan fingerprint density at radius 1 is 0.971 bits per heavy atom. The Bertz CT molecular complexity index is 1480. The zero-order chi connectivity index (χ0) is 24.5. The van der Waals surface area contributed by atoms with Gasteiger partial charge in [0.05, 0.1) is 4.90 Å². The van der Waals surface area contributed by atoms with Gasteiger partial charge in [-0.3, -0.25) is 4.72 Å². The Kier molecular flexibility index (Phi) is 6.06. The second kappa shape index (κ2) is 8.83. The second-order valence-electron chi connectivity index (χ2n) is 9.09. The molecule has 0 fully saturated rings. The molecule has 0 unspecified atom stereocenters. The number of hydrogen-bond donors (Lipinski definition) is 3. The van der Waals surface area contributed by atoms with Gasteiger partial charge in [0.15, 0.2) is 0 Å². The van der Waals surface area contributed by atoms with Gasteiger partial charge in [-0.15, -0.1) is 0 Å². The molecule has 174 valence electrons. The summed E-state index contributed by atoms with van der Waals surface area (Å²) in [4.78, 5) is 14.5. The van der Waals surface area contributed by atoms with Gasteiger partial charge in [-0.2, -0.15) is 0 Å². The van der Waals surface area contributed by atoms with Crippen molar-refractivity contribution in [3.8, 4) is 11.1 Å². The first kappa shape index (κ1) is 23.3. The zero-order valence-corrected chi connectivity index (χ0v) is 20.0. The molecule has 1 heterocycles. The fourth-order valence-corrected chi connectivity index (χ4v) is 4.87. The molecule has 6 nitrogen and oxygen atoms in total. The fraction of sp³-hybridized carbons (Fsp3) is 0.148. The van der Waals surface area contributed by atoms with Crippen LogP contribution in [0, 0.1) is 0 Å². The molecule has 3 aromatic carbocycles. The zero-order valence-electron chi connectivity index (χ0n) is 19.2. The molecule has 0 atom stereocenters. The summed E-state index contributed by atoms with van der Waals surface area (Å²) in [5.41, 5.74) is 4.46. The number of sulfonamides is 1. The van der Waals surface area contributed by atoms with Crippen LogP contribution in [0.25, 0.3) is 28.1 Å². The van der Waals surface area contributed by atoms with E-state index in [1.165, 1.54) is 6.08 Å². The summed E-state index contributed by atoms with van der Waals surface area (Å²) < 4.78 is 28.8. The summed E-state index contributed by atoms with van der Waals surface area (Å²) in [5, 5.41) is 9.85. The molecule has 0 aliphatic carbocycles. The number of aromatic nitrogens is 1. The Labute approximate surface area is 199 Å². The van der Waals surface area contributed by atoms with E-state index >= 15 is 0 Å². The quantitative estimate of drug-likeness (QED) is 0.297. The lowest BCUT2D eigenvalue weighted by Gasteiger charge is -2.19. The first-order valence-electron chi connectivity index (χ1n) is 10.8. The van der Waals surface area contributed by atoms with Crippen LogP contribution < -0.4 is 4.72 Å². The Morgan fingerprint density at radius 3 is 2.26 bits per heavy atom. The van der Waals surface area contributed by atoms with Gasteiger partial charge >= 0.3 is 5.97 Å². The van der Waals surface area contributed by atoms with E-state index in [2.05, 4.69) is 30.5 Å². The van der Waals surface area contributed by atoms with Crippen LogP contribution >= 0.6 is 0 Å². The number of carboxylic acid groups (broad SMARTS) is 1. The van der Waals surface area contributed by atoms with Crippen molar-refractivity contribution >= 4 is 38.7 Å². The standard InChI is InChI=1S/C27H26N2O4S/c1-27(2,3)19-9-12-21(13-10-19)34(32,33)29-20-11-14-23-22(17-20)26(18-7-5-4-6-8-18)24(28-23)15-16-25(30)31/h4-17,28-29H,1-3H3,(H,30,31)/b16-15+. The molecule has 34 heavy (non-hydrogen) atoms.